The number of alkyl halides is 3. The zero-order valence-electron chi connectivity index (χ0n) is 9.63. The fourth-order valence-electron chi connectivity index (χ4n) is 1.66. The number of morpholine rings is 1. The summed E-state index contributed by atoms with van der Waals surface area (Å²) in [6.07, 6.45) is -5.27. The van der Waals surface area contributed by atoms with Gasteiger partial charge in [-0.2, -0.15) is 13.2 Å². The minimum absolute atomic E-state index is 0.0511. The van der Waals surface area contributed by atoms with Crippen molar-refractivity contribution in [1.29, 1.82) is 0 Å². The fraction of sp³-hybridized carbons (Fsp3) is 0.900. The molecule has 1 fully saturated rings. The van der Waals surface area contributed by atoms with Crippen LogP contribution in [-0.2, 0) is 14.3 Å². The van der Waals surface area contributed by atoms with Gasteiger partial charge in [-0.15, -0.1) is 0 Å². The summed E-state index contributed by atoms with van der Waals surface area (Å²) in [6, 6.07) is 0. The summed E-state index contributed by atoms with van der Waals surface area (Å²) >= 11 is 0. The maximum absolute atomic E-state index is 12.0. The van der Waals surface area contributed by atoms with E-state index in [1.165, 1.54) is 7.11 Å². The van der Waals surface area contributed by atoms with Gasteiger partial charge in [-0.3, -0.25) is 9.69 Å². The molecule has 0 spiro atoms. The van der Waals surface area contributed by atoms with Gasteiger partial charge in [-0.25, -0.2) is 0 Å². The van der Waals surface area contributed by atoms with Gasteiger partial charge in [0.1, 0.15) is 0 Å². The molecule has 0 aromatic heterocycles. The van der Waals surface area contributed by atoms with Gasteiger partial charge >= 0.3 is 12.1 Å². The summed E-state index contributed by atoms with van der Waals surface area (Å²) in [7, 11) is 1.27. The number of esters is 1. The normalized spacial score (nSPS) is 22.5. The second-order valence-electron chi connectivity index (χ2n) is 3.94. The Kier molecular flexibility index (Phi) is 5.20. The van der Waals surface area contributed by atoms with Crippen molar-refractivity contribution in [3.8, 4) is 0 Å². The predicted octanol–water partition coefficient (Wildman–Crippen LogP) is 1.20. The van der Waals surface area contributed by atoms with Crippen molar-refractivity contribution in [2.75, 3.05) is 33.4 Å². The highest BCUT2D eigenvalue weighted by Crippen LogP contribution is 2.20. The number of rotatable bonds is 4. The van der Waals surface area contributed by atoms with Gasteiger partial charge in [0.05, 0.1) is 32.7 Å². The molecule has 1 atom stereocenters. The smallest absolute Gasteiger partial charge is 0.390 e. The van der Waals surface area contributed by atoms with E-state index in [4.69, 9.17) is 4.74 Å². The zero-order valence-corrected chi connectivity index (χ0v) is 9.63. The molecule has 1 saturated heterocycles. The number of hydrogen-bond donors (Lipinski definition) is 0. The van der Waals surface area contributed by atoms with Crippen LogP contribution in [0.5, 0.6) is 0 Å². The van der Waals surface area contributed by atoms with E-state index in [-0.39, 0.29) is 19.1 Å². The van der Waals surface area contributed by atoms with E-state index in [0.717, 1.165) is 0 Å². The minimum Gasteiger partial charge on any atom is -0.469 e. The van der Waals surface area contributed by atoms with E-state index in [0.29, 0.717) is 19.7 Å². The van der Waals surface area contributed by atoms with Crippen molar-refractivity contribution >= 4 is 5.97 Å². The lowest BCUT2D eigenvalue weighted by atomic mass is 10.2. The highest BCUT2D eigenvalue weighted by Gasteiger charge is 2.30. The Labute approximate surface area is 97.7 Å². The summed E-state index contributed by atoms with van der Waals surface area (Å²) in [5.41, 5.74) is 0. The van der Waals surface area contributed by atoms with Crippen molar-refractivity contribution in [2.24, 2.45) is 0 Å². The molecule has 17 heavy (non-hydrogen) atoms. The van der Waals surface area contributed by atoms with E-state index in [2.05, 4.69) is 4.74 Å². The van der Waals surface area contributed by atoms with E-state index in [9.17, 15) is 18.0 Å². The summed E-state index contributed by atoms with van der Waals surface area (Å²) in [4.78, 5) is 12.7. The molecule has 100 valence electrons. The Morgan fingerprint density at radius 2 is 2.24 bits per heavy atom. The highest BCUT2D eigenvalue weighted by molar-refractivity contribution is 5.69. The Morgan fingerprint density at radius 3 is 2.82 bits per heavy atom. The molecule has 4 nitrogen and oxygen atoms in total. The molecular weight excluding hydrogens is 239 g/mol. The number of carbonyl (C=O) groups excluding carboxylic acids is 1. The molecule has 1 unspecified atom stereocenters. The largest absolute Gasteiger partial charge is 0.469 e. The van der Waals surface area contributed by atoms with Crippen molar-refractivity contribution in [1.82, 2.24) is 4.90 Å². The van der Waals surface area contributed by atoms with Gasteiger partial charge < -0.3 is 9.47 Å². The highest BCUT2D eigenvalue weighted by atomic mass is 19.4. The lowest BCUT2D eigenvalue weighted by Gasteiger charge is -2.32. The molecule has 0 aromatic rings. The Bertz CT molecular complexity index is 258. The molecule has 0 amide bonds. The average Bonchev–Trinajstić information content (AvgIpc) is 2.26. The number of halogens is 3. The summed E-state index contributed by atoms with van der Waals surface area (Å²) in [5, 5.41) is 0. The summed E-state index contributed by atoms with van der Waals surface area (Å²) in [6.45, 7) is 1.10. The standard InChI is InChI=1S/C10H16F3NO3/c1-16-9(15)6-8-7-14(4-5-17-8)3-2-10(11,12)13/h8H,2-7H2,1H3. The fourth-order valence-corrected chi connectivity index (χ4v) is 1.66. The monoisotopic (exact) mass is 255 g/mol. The van der Waals surface area contributed by atoms with Crippen LogP contribution in [0.25, 0.3) is 0 Å². The van der Waals surface area contributed by atoms with Crippen LogP contribution in [0.2, 0.25) is 0 Å². The molecule has 0 N–H and O–H groups in total. The summed E-state index contributed by atoms with van der Waals surface area (Å²) < 4.78 is 45.9. The van der Waals surface area contributed by atoms with Crippen LogP contribution in [0.3, 0.4) is 0 Å². The first kappa shape index (κ1) is 14.2. The lowest BCUT2D eigenvalue weighted by molar-refractivity contribution is -0.150. The zero-order chi connectivity index (χ0) is 12.9. The van der Waals surface area contributed by atoms with Crippen LogP contribution in [0.4, 0.5) is 13.2 Å². The maximum Gasteiger partial charge on any atom is 0.390 e. The maximum atomic E-state index is 12.0. The van der Waals surface area contributed by atoms with Crippen LogP contribution < -0.4 is 0 Å². The third kappa shape index (κ3) is 5.88. The predicted molar refractivity (Wildman–Crippen MR) is 53.5 cm³/mol. The molecule has 0 radical (unpaired) electrons. The molecule has 7 heteroatoms. The number of ether oxygens (including phenoxy) is 2. The molecule has 1 rings (SSSR count). The van der Waals surface area contributed by atoms with Gasteiger partial charge in [0.15, 0.2) is 0 Å². The molecule has 0 aliphatic carbocycles. The Balaban J connectivity index is 2.31. The van der Waals surface area contributed by atoms with E-state index in [1.54, 1.807) is 4.90 Å². The van der Waals surface area contributed by atoms with Crippen LogP contribution in [-0.4, -0.2) is 56.5 Å². The molecule has 1 aliphatic heterocycles. The van der Waals surface area contributed by atoms with Crippen LogP contribution >= 0.6 is 0 Å². The molecule has 1 heterocycles. The van der Waals surface area contributed by atoms with Crippen molar-refractivity contribution in [3.05, 3.63) is 0 Å². The number of nitrogens with zero attached hydrogens (tertiary/aromatic N) is 1. The topological polar surface area (TPSA) is 38.8 Å². The van der Waals surface area contributed by atoms with E-state index < -0.39 is 18.6 Å². The van der Waals surface area contributed by atoms with Gasteiger partial charge in [-0.05, 0) is 0 Å². The quantitative estimate of drug-likeness (QED) is 0.708. The van der Waals surface area contributed by atoms with Crippen LogP contribution in [0.15, 0.2) is 0 Å². The first-order valence-electron chi connectivity index (χ1n) is 5.38. The number of methoxy groups -OCH3 is 1. The van der Waals surface area contributed by atoms with E-state index in [1.807, 2.05) is 0 Å². The first-order valence-corrected chi connectivity index (χ1v) is 5.38. The summed E-state index contributed by atoms with van der Waals surface area (Å²) in [5.74, 6) is -0.410. The van der Waals surface area contributed by atoms with E-state index >= 15 is 0 Å². The average molecular weight is 255 g/mol. The van der Waals surface area contributed by atoms with Crippen LogP contribution in [0, 0.1) is 0 Å². The van der Waals surface area contributed by atoms with Gasteiger partial charge in [0.2, 0.25) is 0 Å². The molecule has 0 aromatic carbocycles. The van der Waals surface area contributed by atoms with Crippen LogP contribution in [0.1, 0.15) is 12.8 Å². The second kappa shape index (κ2) is 6.20. The minimum atomic E-state index is -4.14. The third-order valence-electron chi connectivity index (χ3n) is 2.56. The molecule has 0 saturated carbocycles. The lowest BCUT2D eigenvalue weighted by Crippen LogP contribution is -2.44. The third-order valence-corrected chi connectivity index (χ3v) is 2.56. The van der Waals surface area contributed by atoms with Gasteiger partial charge in [0.25, 0.3) is 0 Å². The Hall–Kier alpha value is -0.820. The molecule has 0 bridgehead atoms. The first-order chi connectivity index (χ1) is 7.90. The SMILES string of the molecule is COC(=O)CC1CN(CCC(F)(F)F)CCO1. The molecule has 1 aliphatic rings. The molecular formula is C10H16F3NO3. The van der Waals surface area contributed by atoms with Gasteiger partial charge in [0, 0.05) is 19.6 Å². The number of carbonyl (C=O) groups is 1. The van der Waals surface area contributed by atoms with Crippen molar-refractivity contribution in [2.45, 2.75) is 25.1 Å². The van der Waals surface area contributed by atoms with Crippen molar-refractivity contribution < 1.29 is 27.4 Å². The van der Waals surface area contributed by atoms with Gasteiger partial charge in [-0.1, -0.05) is 0 Å². The Morgan fingerprint density at radius 1 is 1.53 bits per heavy atom. The van der Waals surface area contributed by atoms with Crippen molar-refractivity contribution in [3.63, 3.8) is 0 Å². The number of hydrogen-bond acceptors (Lipinski definition) is 4. The second-order valence-corrected chi connectivity index (χ2v) is 3.94.